The largest absolute Gasteiger partial charge is 0.467 e. The highest BCUT2D eigenvalue weighted by Gasteiger charge is 2.30. The van der Waals surface area contributed by atoms with E-state index in [4.69, 9.17) is 9.68 Å². The predicted octanol–water partition coefficient (Wildman–Crippen LogP) is 4.08. The van der Waals surface area contributed by atoms with E-state index in [0.717, 1.165) is 22.5 Å². The Morgan fingerprint density at radius 1 is 1.37 bits per heavy atom. The first-order valence-electron chi connectivity index (χ1n) is 6.26. The van der Waals surface area contributed by atoms with Crippen LogP contribution in [0.3, 0.4) is 0 Å². The van der Waals surface area contributed by atoms with Gasteiger partial charge >= 0.3 is 0 Å². The molecule has 3 nitrogen and oxygen atoms in total. The molecule has 0 bridgehead atoms. The van der Waals surface area contributed by atoms with Crippen LogP contribution in [0.25, 0.3) is 0 Å². The van der Waals surface area contributed by atoms with Crippen molar-refractivity contribution in [2.45, 2.75) is 25.4 Å². The normalized spacial score (nSPS) is 14.1. The van der Waals surface area contributed by atoms with E-state index < -0.39 is 0 Å². The zero-order valence-electron chi connectivity index (χ0n) is 10.3. The van der Waals surface area contributed by atoms with E-state index in [1.165, 1.54) is 12.8 Å². The van der Waals surface area contributed by atoms with Gasteiger partial charge in [-0.3, -0.25) is 0 Å². The molecule has 1 aliphatic carbocycles. The first-order valence-corrected chi connectivity index (χ1v) is 7.05. The van der Waals surface area contributed by atoms with Gasteiger partial charge in [0.15, 0.2) is 0 Å². The standard InChI is InChI=1S/C15H13BrN2O/c16-12-6-11(9-17)7-14(8-12)18(13-3-4-13)10-15-2-1-5-19-15/h1-2,5-8,13H,3-4,10H2. The molecule has 1 aromatic heterocycles. The average molecular weight is 317 g/mol. The van der Waals surface area contributed by atoms with Crippen LogP contribution >= 0.6 is 15.9 Å². The molecule has 0 amide bonds. The first-order chi connectivity index (χ1) is 9.26. The molecule has 4 heteroatoms. The van der Waals surface area contributed by atoms with Crippen molar-refractivity contribution in [3.8, 4) is 6.07 Å². The Bertz CT molecular complexity index is 612. The molecule has 1 heterocycles. The molecule has 0 N–H and O–H groups in total. The number of rotatable bonds is 4. The third-order valence-corrected chi connectivity index (χ3v) is 3.70. The number of anilines is 1. The molecule has 0 radical (unpaired) electrons. The molecule has 2 aromatic rings. The fourth-order valence-corrected chi connectivity index (χ4v) is 2.67. The Balaban J connectivity index is 1.92. The van der Waals surface area contributed by atoms with Crippen molar-refractivity contribution in [1.29, 1.82) is 5.26 Å². The number of furan rings is 1. The van der Waals surface area contributed by atoms with Crippen molar-refractivity contribution in [2.75, 3.05) is 4.90 Å². The molecule has 0 spiro atoms. The number of halogens is 1. The summed E-state index contributed by atoms with van der Waals surface area (Å²) in [4.78, 5) is 2.31. The van der Waals surface area contributed by atoms with Gasteiger partial charge in [-0.15, -0.1) is 0 Å². The van der Waals surface area contributed by atoms with E-state index in [-0.39, 0.29) is 0 Å². The van der Waals surface area contributed by atoms with Crippen LogP contribution in [0.2, 0.25) is 0 Å². The van der Waals surface area contributed by atoms with E-state index >= 15 is 0 Å². The van der Waals surface area contributed by atoms with Crippen molar-refractivity contribution < 1.29 is 4.42 Å². The minimum Gasteiger partial charge on any atom is -0.467 e. The lowest BCUT2D eigenvalue weighted by molar-refractivity contribution is 0.501. The molecular formula is C15H13BrN2O. The third kappa shape index (κ3) is 2.82. The lowest BCUT2D eigenvalue weighted by Gasteiger charge is -2.24. The zero-order chi connectivity index (χ0) is 13.2. The molecule has 1 aliphatic rings. The van der Waals surface area contributed by atoms with Crippen LogP contribution in [-0.4, -0.2) is 6.04 Å². The molecule has 19 heavy (non-hydrogen) atoms. The smallest absolute Gasteiger partial charge is 0.123 e. The predicted molar refractivity (Wildman–Crippen MR) is 76.8 cm³/mol. The van der Waals surface area contributed by atoms with Gasteiger partial charge in [-0.1, -0.05) is 15.9 Å². The summed E-state index contributed by atoms with van der Waals surface area (Å²) >= 11 is 3.47. The van der Waals surface area contributed by atoms with Crippen molar-refractivity contribution in [2.24, 2.45) is 0 Å². The van der Waals surface area contributed by atoms with E-state index in [0.29, 0.717) is 11.6 Å². The van der Waals surface area contributed by atoms with Crippen LogP contribution in [0.5, 0.6) is 0 Å². The van der Waals surface area contributed by atoms with Crippen molar-refractivity contribution in [3.63, 3.8) is 0 Å². The number of hydrogen-bond acceptors (Lipinski definition) is 3. The van der Waals surface area contributed by atoms with Gasteiger partial charge < -0.3 is 9.32 Å². The third-order valence-electron chi connectivity index (χ3n) is 3.24. The topological polar surface area (TPSA) is 40.2 Å². The van der Waals surface area contributed by atoms with Gasteiger partial charge in [0.1, 0.15) is 5.76 Å². The van der Waals surface area contributed by atoms with Gasteiger partial charge in [0, 0.05) is 16.2 Å². The van der Waals surface area contributed by atoms with Crippen molar-refractivity contribution in [1.82, 2.24) is 0 Å². The zero-order valence-corrected chi connectivity index (χ0v) is 11.9. The second-order valence-electron chi connectivity index (χ2n) is 4.75. The molecule has 0 atom stereocenters. The molecule has 3 rings (SSSR count). The summed E-state index contributed by atoms with van der Waals surface area (Å²) in [7, 11) is 0. The summed E-state index contributed by atoms with van der Waals surface area (Å²) in [5.74, 6) is 0.949. The van der Waals surface area contributed by atoms with Gasteiger partial charge in [-0.05, 0) is 43.2 Å². The highest BCUT2D eigenvalue weighted by Crippen LogP contribution is 2.34. The summed E-state index contributed by atoms with van der Waals surface area (Å²) in [6.07, 6.45) is 4.10. The summed E-state index contributed by atoms with van der Waals surface area (Å²) in [6.45, 7) is 0.749. The Morgan fingerprint density at radius 3 is 2.84 bits per heavy atom. The first kappa shape index (κ1) is 12.3. The molecule has 1 saturated carbocycles. The van der Waals surface area contributed by atoms with Crippen molar-refractivity contribution in [3.05, 3.63) is 52.4 Å². The molecule has 0 saturated heterocycles. The summed E-state index contributed by atoms with van der Waals surface area (Å²) in [5, 5.41) is 9.07. The second kappa shape index (κ2) is 5.10. The minimum absolute atomic E-state index is 0.561. The summed E-state index contributed by atoms with van der Waals surface area (Å²) in [6, 6.07) is 12.5. The Kier molecular flexibility index (Phi) is 3.31. The van der Waals surface area contributed by atoms with Crippen LogP contribution in [0.1, 0.15) is 24.2 Å². The van der Waals surface area contributed by atoms with E-state index in [1.807, 2.05) is 24.3 Å². The number of hydrogen-bond donors (Lipinski definition) is 0. The highest BCUT2D eigenvalue weighted by molar-refractivity contribution is 9.10. The highest BCUT2D eigenvalue weighted by atomic mass is 79.9. The van der Waals surface area contributed by atoms with Crippen LogP contribution < -0.4 is 4.90 Å². The molecule has 1 aromatic carbocycles. The molecule has 0 aliphatic heterocycles. The molecular weight excluding hydrogens is 304 g/mol. The number of nitrogens with zero attached hydrogens (tertiary/aromatic N) is 2. The van der Waals surface area contributed by atoms with Crippen LogP contribution in [-0.2, 0) is 6.54 Å². The van der Waals surface area contributed by atoms with Gasteiger partial charge in [0.2, 0.25) is 0 Å². The van der Waals surface area contributed by atoms with Crippen LogP contribution in [0, 0.1) is 11.3 Å². The molecule has 1 fully saturated rings. The van der Waals surface area contributed by atoms with Crippen LogP contribution in [0.4, 0.5) is 5.69 Å². The second-order valence-corrected chi connectivity index (χ2v) is 5.66. The maximum Gasteiger partial charge on any atom is 0.123 e. The average Bonchev–Trinajstić information content (AvgIpc) is 3.12. The van der Waals surface area contributed by atoms with E-state index in [1.54, 1.807) is 6.26 Å². The molecule has 96 valence electrons. The van der Waals surface area contributed by atoms with Gasteiger partial charge in [0.25, 0.3) is 0 Å². The maximum atomic E-state index is 9.07. The quantitative estimate of drug-likeness (QED) is 0.853. The van der Waals surface area contributed by atoms with E-state index in [2.05, 4.69) is 33.0 Å². The SMILES string of the molecule is N#Cc1cc(Br)cc(N(Cc2ccco2)C2CC2)c1. The number of benzene rings is 1. The summed E-state index contributed by atoms with van der Waals surface area (Å²) in [5.41, 5.74) is 1.75. The Morgan fingerprint density at radius 2 is 2.21 bits per heavy atom. The van der Waals surface area contributed by atoms with Crippen LogP contribution in [0.15, 0.2) is 45.5 Å². The van der Waals surface area contributed by atoms with Crippen molar-refractivity contribution >= 4 is 21.6 Å². The van der Waals surface area contributed by atoms with Gasteiger partial charge in [-0.2, -0.15) is 5.26 Å². The maximum absolute atomic E-state index is 9.07. The minimum atomic E-state index is 0.561. The number of nitriles is 1. The van der Waals surface area contributed by atoms with Gasteiger partial charge in [-0.25, -0.2) is 0 Å². The fourth-order valence-electron chi connectivity index (χ4n) is 2.19. The monoisotopic (exact) mass is 316 g/mol. The van der Waals surface area contributed by atoms with E-state index in [9.17, 15) is 0 Å². The lowest BCUT2D eigenvalue weighted by Crippen LogP contribution is -2.24. The van der Waals surface area contributed by atoms with Gasteiger partial charge in [0.05, 0.1) is 24.4 Å². The lowest BCUT2D eigenvalue weighted by atomic mass is 10.2. The summed E-state index contributed by atoms with van der Waals surface area (Å²) < 4.78 is 6.37. The Labute approximate surface area is 120 Å². The Hall–Kier alpha value is -1.73. The fraction of sp³-hybridized carbons (Fsp3) is 0.267. The molecule has 0 unspecified atom stereocenters.